The number of amides is 1. The number of ether oxygens (including phenoxy) is 1. The second-order valence-corrected chi connectivity index (χ2v) is 4.86. The zero-order valence-corrected chi connectivity index (χ0v) is 13.6. The summed E-state index contributed by atoms with van der Waals surface area (Å²) >= 11 is 0. The van der Waals surface area contributed by atoms with Crippen molar-refractivity contribution in [3.05, 3.63) is 54.1 Å². The minimum absolute atomic E-state index is 0.133. The number of carbonyl (C=O) groups is 4. The van der Waals surface area contributed by atoms with Crippen molar-refractivity contribution in [3.63, 3.8) is 0 Å². The molecule has 0 heterocycles. The molecule has 1 amide bonds. The summed E-state index contributed by atoms with van der Waals surface area (Å²) in [5.41, 5.74) is 1.29. The van der Waals surface area contributed by atoms with Gasteiger partial charge in [-0.05, 0) is 43.7 Å². The number of rotatable bonds is 8. The van der Waals surface area contributed by atoms with Crippen LogP contribution in [0.3, 0.4) is 0 Å². The van der Waals surface area contributed by atoms with Crippen LogP contribution in [0.1, 0.15) is 19.4 Å². The maximum Gasteiger partial charge on any atom is 0.330 e. The molecule has 1 aromatic rings. The van der Waals surface area contributed by atoms with E-state index in [1.807, 2.05) is 0 Å². The molecule has 0 aliphatic carbocycles. The Labute approximate surface area is 140 Å². The van der Waals surface area contributed by atoms with Crippen molar-refractivity contribution < 1.29 is 23.9 Å². The Kier molecular flexibility index (Phi) is 7.84. The smallest absolute Gasteiger partial charge is 0.330 e. The number of ketones is 2. The summed E-state index contributed by atoms with van der Waals surface area (Å²) in [5.74, 6) is -1.41. The molecule has 6 heteroatoms. The average Bonchev–Trinajstić information content (AvgIpc) is 2.53. The minimum Gasteiger partial charge on any atom is -0.463 e. The predicted octanol–water partition coefficient (Wildman–Crippen LogP) is 2.00. The van der Waals surface area contributed by atoms with Crippen molar-refractivity contribution in [1.29, 1.82) is 0 Å². The van der Waals surface area contributed by atoms with E-state index in [4.69, 9.17) is 0 Å². The molecule has 126 valence electrons. The molecule has 0 aliphatic rings. The number of benzene rings is 1. The third-order valence-corrected chi connectivity index (χ3v) is 2.76. The Bertz CT molecular complexity index is 671. The molecule has 0 atom stereocenters. The van der Waals surface area contributed by atoms with Crippen LogP contribution in [0.5, 0.6) is 0 Å². The minimum atomic E-state index is -0.553. The van der Waals surface area contributed by atoms with Gasteiger partial charge in [0.1, 0.15) is 0 Å². The first-order valence-electron chi connectivity index (χ1n) is 7.37. The number of hydrogen-bond donors (Lipinski definition) is 1. The summed E-state index contributed by atoms with van der Waals surface area (Å²) in [4.78, 5) is 45.1. The fraction of sp³-hybridized carbons (Fsp3) is 0.222. The summed E-state index contributed by atoms with van der Waals surface area (Å²) in [6.07, 6.45) is 4.74. The standard InChI is InChI=1S/C18H19NO5/c1-3-24-18(23)11-9-16(21)12-14-5-7-15(8-6-14)19-17(22)10-4-13(2)20/h4-11H,3,12H2,1-2H3,(H,19,22)/b10-4-,11-9-. The number of nitrogens with one attached hydrogen (secondary N) is 1. The van der Waals surface area contributed by atoms with Crippen molar-refractivity contribution in [3.8, 4) is 0 Å². The molecule has 0 saturated carbocycles. The quantitative estimate of drug-likeness (QED) is 0.582. The third kappa shape index (κ3) is 7.84. The van der Waals surface area contributed by atoms with Crippen molar-refractivity contribution in [1.82, 2.24) is 0 Å². The molecule has 0 unspecified atom stereocenters. The van der Waals surface area contributed by atoms with Gasteiger partial charge >= 0.3 is 5.97 Å². The maximum absolute atomic E-state index is 11.7. The van der Waals surface area contributed by atoms with Crippen LogP contribution in [0, 0.1) is 0 Å². The molecular weight excluding hydrogens is 310 g/mol. The van der Waals surface area contributed by atoms with E-state index >= 15 is 0 Å². The fourth-order valence-electron chi connectivity index (χ4n) is 1.69. The van der Waals surface area contributed by atoms with Crippen molar-refractivity contribution in [2.24, 2.45) is 0 Å². The Morgan fingerprint density at radius 1 is 1.00 bits per heavy atom. The van der Waals surface area contributed by atoms with Gasteiger partial charge in [0.15, 0.2) is 11.6 Å². The van der Waals surface area contributed by atoms with Gasteiger partial charge in [-0.2, -0.15) is 0 Å². The molecule has 6 nitrogen and oxygen atoms in total. The van der Waals surface area contributed by atoms with E-state index in [1.54, 1.807) is 31.2 Å². The lowest BCUT2D eigenvalue weighted by Crippen LogP contribution is -2.08. The topological polar surface area (TPSA) is 89.5 Å². The molecule has 0 aromatic heterocycles. The Hall–Kier alpha value is -3.02. The van der Waals surface area contributed by atoms with Gasteiger partial charge in [0, 0.05) is 24.3 Å². The van der Waals surface area contributed by atoms with E-state index in [-0.39, 0.29) is 24.6 Å². The van der Waals surface area contributed by atoms with Crippen molar-refractivity contribution in [2.45, 2.75) is 20.3 Å². The highest BCUT2D eigenvalue weighted by Crippen LogP contribution is 2.10. The molecule has 0 saturated heterocycles. The number of anilines is 1. The number of hydrogen-bond acceptors (Lipinski definition) is 5. The average molecular weight is 329 g/mol. The molecule has 0 fully saturated rings. The molecule has 0 bridgehead atoms. The maximum atomic E-state index is 11.7. The fourth-order valence-corrected chi connectivity index (χ4v) is 1.69. The molecule has 1 rings (SSSR count). The number of esters is 1. The van der Waals surface area contributed by atoms with Gasteiger partial charge in [-0.15, -0.1) is 0 Å². The lowest BCUT2D eigenvalue weighted by Gasteiger charge is -2.03. The van der Waals surface area contributed by atoms with Crippen LogP contribution < -0.4 is 5.32 Å². The third-order valence-electron chi connectivity index (χ3n) is 2.76. The predicted molar refractivity (Wildman–Crippen MR) is 89.4 cm³/mol. The van der Waals surface area contributed by atoms with Crippen LogP contribution in [-0.4, -0.2) is 30.0 Å². The molecule has 24 heavy (non-hydrogen) atoms. The largest absolute Gasteiger partial charge is 0.463 e. The normalized spacial score (nSPS) is 10.8. The van der Waals surface area contributed by atoms with Crippen LogP contribution in [0.4, 0.5) is 5.69 Å². The monoisotopic (exact) mass is 329 g/mol. The van der Waals surface area contributed by atoms with Crippen LogP contribution in [-0.2, 0) is 30.3 Å². The Morgan fingerprint density at radius 3 is 2.25 bits per heavy atom. The number of carbonyl (C=O) groups excluding carboxylic acids is 4. The van der Waals surface area contributed by atoms with Gasteiger partial charge < -0.3 is 10.1 Å². The number of allylic oxidation sites excluding steroid dienone is 2. The Balaban J connectivity index is 2.55. The highest BCUT2D eigenvalue weighted by Gasteiger charge is 2.03. The second-order valence-electron chi connectivity index (χ2n) is 4.86. The Morgan fingerprint density at radius 2 is 1.67 bits per heavy atom. The second kappa shape index (κ2) is 9.89. The molecule has 0 radical (unpaired) electrons. The van der Waals surface area contributed by atoms with E-state index in [0.717, 1.165) is 17.7 Å². The SMILES string of the molecule is CCOC(=O)/C=C\C(=O)Cc1ccc(NC(=O)/C=C\C(C)=O)cc1. The van der Waals surface area contributed by atoms with E-state index in [1.165, 1.54) is 19.1 Å². The van der Waals surface area contributed by atoms with Crippen molar-refractivity contribution in [2.75, 3.05) is 11.9 Å². The highest BCUT2D eigenvalue weighted by atomic mass is 16.5. The molecule has 0 aliphatic heterocycles. The molecule has 1 N–H and O–H groups in total. The van der Waals surface area contributed by atoms with Crippen LogP contribution in [0.2, 0.25) is 0 Å². The van der Waals surface area contributed by atoms with Gasteiger partial charge in [0.05, 0.1) is 6.61 Å². The van der Waals surface area contributed by atoms with E-state index in [2.05, 4.69) is 10.1 Å². The summed E-state index contributed by atoms with van der Waals surface area (Å²) in [6, 6.07) is 6.69. The van der Waals surface area contributed by atoms with Gasteiger partial charge in [0.2, 0.25) is 5.91 Å². The highest BCUT2D eigenvalue weighted by molar-refractivity contribution is 6.03. The van der Waals surface area contributed by atoms with Crippen LogP contribution >= 0.6 is 0 Å². The van der Waals surface area contributed by atoms with Crippen LogP contribution in [0.15, 0.2) is 48.6 Å². The van der Waals surface area contributed by atoms with Gasteiger partial charge in [-0.3, -0.25) is 14.4 Å². The first kappa shape index (κ1) is 19.0. The summed E-state index contributed by atoms with van der Waals surface area (Å²) in [7, 11) is 0. The van der Waals surface area contributed by atoms with Gasteiger partial charge in [0.25, 0.3) is 0 Å². The molecular formula is C18H19NO5. The molecule has 0 spiro atoms. The zero-order valence-electron chi connectivity index (χ0n) is 13.6. The van der Waals surface area contributed by atoms with E-state index < -0.39 is 11.9 Å². The van der Waals surface area contributed by atoms with Crippen LogP contribution in [0.25, 0.3) is 0 Å². The van der Waals surface area contributed by atoms with Gasteiger partial charge in [-0.25, -0.2) is 4.79 Å². The summed E-state index contributed by atoms with van der Waals surface area (Å²) in [5, 5.41) is 2.59. The van der Waals surface area contributed by atoms with E-state index in [9.17, 15) is 19.2 Å². The van der Waals surface area contributed by atoms with Gasteiger partial charge in [-0.1, -0.05) is 12.1 Å². The summed E-state index contributed by atoms with van der Waals surface area (Å²) < 4.78 is 4.69. The summed E-state index contributed by atoms with van der Waals surface area (Å²) in [6.45, 7) is 3.29. The lowest BCUT2D eigenvalue weighted by molar-refractivity contribution is -0.137. The lowest BCUT2D eigenvalue weighted by atomic mass is 10.1. The van der Waals surface area contributed by atoms with E-state index in [0.29, 0.717) is 5.69 Å². The first-order chi connectivity index (χ1) is 11.4. The van der Waals surface area contributed by atoms with Crippen molar-refractivity contribution >= 4 is 29.1 Å². The zero-order chi connectivity index (χ0) is 17.9. The molecule has 1 aromatic carbocycles. The first-order valence-corrected chi connectivity index (χ1v) is 7.37.